The summed E-state index contributed by atoms with van der Waals surface area (Å²) >= 11 is 0. The van der Waals surface area contributed by atoms with E-state index in [-0.39, 0.29) is 6.10 Å². The number of hydrogen-bond donors (Lipinski definition) is 0. The van der Waals surface area contributed by atoms with E-state index >= 15 is 0 Å². The van der Waals surface area contributed by atoms with E-state index in [1.807, 2.05) is 0 Å². The number of rotatable bonds is 8. The highest BCUT2D eigenvalue weighted by Crippen LogP contribution is 2.33. The first kappa shape index (κ1) is 20.7. The molecule has 7 nitrogen and oxygen atoms in total. The van der Waals surface area contributed by atoms with Gasteiger partial charge in [-0.1, -0.05) is 19.3 Å². The predicted molar refractivity (Wildman–Crippen MR) is 114 cm³/mol. The third kappa shape index (κ3) is 5.33. The van der Waals surface area contributed by atoms with Crippen LogP contribution in [0.2, 0.25) is 0 Å². The Bertz CT molecular complexity index is 826. The summed E-state index contributed by atoms with van der Waals surface area (Å²) in [6.45, 7) is 3.25. The van der Waals surface area contributed by atoms with Gasteiger partial charge in [-0.3, -0.25) is 9.88 Å². The molecule has 1 aromatic carbocycles. The van der Waals surface area contributed by atoms with Crippen molar-refractivity contribution < 1.29 is 18.9 Å². The monoisotopic (exact) mass is 413 g/mol. The summed E-state index contributed by atoms with van der Waals surface area (Å²) in [5.74, 6) is 3.58. The molecule has 1 saturated carbocycles. The van der Waals surface area contributed by atoms with E-state index in [1.165, 1.54) is 38.6 Å². The van der Waals surface area contributed by atoms with Crippen molar-refractivity contribution >= 4 is 0 Å². The number of nitrogens with zero attached hydrogens (tertiary/aromatic N) is 3. The SMILES string of the molecule is COc1ccc(Oc2cncc(OC3CCN(CC4CCCCC4)C3)n2)cc1OC. The topological polar surface area (TPSA) is 65.9 Å². The molecular weight excluding hydrogens is 382 g/mol. The number of aromatic nitrogens is 2. The molecule has 0 radical (unpaired) electrons. The molecule has 2 heterocycles. The molecule has 1 aromatic heterocycles. The number of likely N-dealkylation sites (tertiary alicyclic amines) is 1. The highest BCUT2D eigenvalue weighted by Gasteiger charge is 2.27. The largest absolute Gasteiger partial charge is 0.493 e. The molecular formula is C23H31N3O4. The quantitative estimate of drug-likeness (QED) is 0.638. The standard InChI is InChI=1S/C23H31N3O4/c1-27-20-9-8-18(12-21(20)28-2)29-22-13-24-14-23(25-22)30-19-10-11-26(16-19)15-17-6-4-3-5-7-17/h8-9,12-14,17,19H,3-7,10-11,15-16H2,1-2H3. The summed E-state index contributed by atoms with van der Waals surface area (Å²) < 4.78 is 22.5. The van der Waals surface area contributed by atoms with Crippen molar-refractivity contribution in [3.63, 3.8) is 0 Å². The molecule has 2 fully saturated rings. The average molecular weight is 414 g/mol. The van der Waals surface area contributed by atoms with Gasteiger partial charge in [0.05, 0.1) is 26.6 Å². The molecule has 0 amide bonds. The summed E-state index contributed by atoms with van der Waals surface area (Å²) in [6, 6.07) is 5.35. The summed E-state index contributed by atoms with van der Waals surface area (Å²) in [5.41, 5.74) is 0. The fourth-order valence-corrected chi connectivity index (χ4v) is 4.40. The summed E-state index contributed by atoms with van der Waals surface area (Å²) in [6.07, 6.45) is 11.3. The van der Waals surface area contributed by atoms with E-state index in [9.17, 15) is 0 Å². The van der Waals surface area contributed by atoms with Crippen molar-refractivity contribution in [2.24, 2.45) is 5.92 Å². The Hall–Kier alpha value is -2.54. The van der Waals surface area contributed by atoms with Crippen LogP contribution in [0.5, 0.6) is 29.0 Å². The Morgan fingerprint density at radius 1 is 0.967 bits per heavy atom. The van der Waals surface area contributed by atoms with E-state index < -0.39 is 0 Å². The predicted octanol–water partition coefficient (Wildman–Crippen LogP) is 4.32. The molecule has 2 aromatic rings. The maximum atomic E-state index is 6.11. The molecule has 2 aliphatic rings. The van der Waals surface area contributed by atoms with Crippen LogP contribution in [-0.4, -0.2) is 54.8 Å². The lowest BCUT2D eigenvalue weighted by Crippen LogP contribution is -2.30. The van der Waals surface area contributed by atoms with Crippen molar-refractivity contribution in [3.8, 4) is 29.0 Å². The minimum absolute atomic E-state index is 0.152. The Labute approximate surface area is 178 Å². The van der Waals surface area contributed by atoms with Gasteiger partial charge in [-0.15, -0.1) is 0 Å². The smallest absolute Gasteiger partial charge is 0.241 e. The molecule has 0 N–H and O–H groups in total. The highest BCUT2D eigenvalue weighted by molar-refractivity contribution is 5.46. The second kappa shape index (κ2) is 9.98. The van der Waals surface area contributed by atoms with Gasteiger partial charge in [0.25, 0.3) is 0 Å². The molecule has 0 bridgehead atoms. The minimum Gasteiger partial charge on any atom is -0.493 e. The summed E-state index contributed by atoms with van der Waals surface area (Å²) in [4.78, 5) is 11.2. The Morgan fingerprint density at radius 3 is 2.57 bits per heavy atom. The van der Waals surface area contributed by atoms with Gasteiger partial charge >= 0.3 is 0 Å². The highest BCUT2D eigenvalue weighted by atomic mass is 16.5. The second-order valence-electron chi connectivity index (χ2n) is 8.11. The summed E-state index contributed by atoms with van der Waals surface area (Å²) in [5, 5.41) is 0. The van der Waals surface area contributed by atoms with Gasteiger partial charge in [-0.05, 0) is 37.3 Å². The van der Waals surface area contributed by atoms with Gasteiger partial charge in [0.1, 0.15) is 11.9 Å². The number of ether oxygens (including phenoxy) is 4. The van der Waals surface area contributed by atoms with E-state index in [0.29, 0.717) is 29.0 Å². The number of benzene rings is 1. The van der Waals surface area contributed by atoms with E-state index in [4.69, 9.17) is 18.9 Å². The van der Waals surface area contributed by atoms with Gasteiger partial charge in [0, 0.05) is 25.7 Å². The number of hydrogen-bond acceptors (Lipinski definition) is 7. The molecule has 1 aliphatic heterocycles. The lowest BCUT2D eigenvalue weighted by atomic mass is 9.89. The van der Waals surface area contributed by atoms with Crippen LogP contribution in [0, 0.1) is 5.92 Å². The van der Waals surface area contributed by atoms with Crippen molar-refractivity contribution in [1.82, 2.24) is 14.9 Å². The zero-order valence-corrected chi connectivity index (χ0v) is 17.9. The molecule has 30 heavy (non-hydrogen) atoms. The Balaban J connectivity index is 1.32. The normalized spacial score (nSPS) is 20.1. The van der Waals surface area contributed by atoms with Crippen LogP contribution in [0.1, 0.15) is 38.5 Å². The minimum atomic E-state index is 0.152. The molecule has 162 valence electrons. The van der Waals surface area contributed by atoms with Crippen LogP contribution in [-0.2, 0) is 0 Å². The summed E-state index contributed by atoms with van der Waals surface area (Å²) in [7, 11) is 3.19. The van der Waals surface area contributed by atoms with Crippen molar-refractivity contribution in [3.05, 3.63) is 30.6 Å². The van der Waals surface area contributed by atoms with Crippen LogP contribution < -0.4 is 18.9 Å². The van der Waals surface area contributed by atoms with Gasteiger partial charge < -0.3 is 18.9 Å². The molecule has 1 saturated heterocycles. The average Bonchev–Trinajstić information content (AvgIpc) is 3.21. The Morgan fingerprint density at radius 2 is 1.77 bits per heavy atom. The van der Waals surface area contributed by atoms with Crippen LogP contribution in [0.25, 0.3) is 0 Å². The van der Waals surface area contributed by atoms with Crippen molar-refractivity contribution in [2.75, 3.05) is 33.9 Å². The van der Waals surface area contributed by atoms with Gasteiger partial charge in [0.15, 0.2) is 11.5 Å². The molecule has 4 rings (SSSR count). The first-order valence-electron chi connectivity index (χ1n) is 10.8. The third-order valence-corrected chi connectivity index (χ3v) is 5.93. The fraction of sp³-hybridized carbons (Fsp3) is 0.565. The van der Waals surface area contributed by atoms with E-state index in [0.717, 1.165) is 25.4 Å². The maximum Gasteiger partial charge on any atom is 0.241 e. The van der Waals surface area contributed by atoms with Gasteiger partial charge in [-0.25, -0.2) is 0 Å². The van der Waals surface area contributed by atoms with E-state index in [2.05, 4.69) is 14.9 Å². The molecule has 1 unspecified atom stereocenters. The number of methoxy groups -OCH3 is 2. The van der Waals surface area contributed by atoms with Crippen LogP contribution in [0.3, 0.4) is 0 Å². The first-order chi connectivity index (χ1) is 14.7. The zero-order valence-electron chi connectivity index (χ0n) is 17.9. The lowest BCUT2D eigenvalue weighted by Gasteiger charge is -2.26. The van der Waals surface area contributed by atoms with E-state index in [1.54, 1.807) is 44.8 Å². The second-order valence-corrected chi connectivity index (χ2v) is 8.11. The molecule has 1 aliphatic carbocycles. The Kier molecular flexibility index (Phi) is 6.89. The third-order valence-electron chi connectivity index (χ3n) is 5.93. The van der Waals surface area contributed by atoms with Gasteiger partial charge in [-0.2, -0.15) is 4.98 Å². The van der Waals surface area contributed by atoms with Crippen LogP contribution in [0.15, 0.2) is 30.6 Å². The van der Waals surface area contributed by atoms with Gasteiger partial charge in [0.2, 0.25) is 11.8 Å². The lowest BCUT2D eigenvalue weighted by molar-refractivity contribution is 0.175. The molecule has 7 heteroatoms. The van der Waals surface area contributed by atoms with Crippen LogP contribution in [0.4, 0.5) is 0 Å². The molecule has 1 atom stereocenters. The zero-order chi connectivity index (χ0) is 20.8. The van der Waals surface area contributed by atoms with Crippen molar-refractivity contribution in [2.45, 2.75) is 44.6 Å². The first-order valence-corrected chi connectivity index (χ1v) is 10.8. The molecule has 0 spiro atoms. The van der Waals surface area contributed by atoms with Crippen molar-refractivity contribution in [1.29, 1.82) is 0 Å². The fourth-order valence-electron chi connectivity index (χ4n) is 4.40. The maximum absolute atomic E-state index is 6.11. The van der Waals surface area contributed by atoms with Crippen LogP contribution >= 0.6 is 0 Å².